The van der Waals surface area contributed by atoms with Crippen molar-refractivity contribution < 1.29 is 4.79 Å². The minimum Gasteiger partial charge on any atom is -0.369 e. The predicted molar refractivity (Wildman–Crippen MR) is 70.8 cm³/mol. The lowest BCUT2D eigenvalue weighted by molar-refractivity contribution is 0.0946. The molecule has 2 N–H and O–H groups in total. The van der Waals surface area contributed by atoms with Gasteiger partial charge in [0.25, 0.3) is 5.91 Å². The van der Waals surface area contributed by atoms with Crippen LogP contribution in [0.25, 0.3) is 0 Å². The van der Waals surface area contributed by atoms with Gasteiger partial charge in [0.1, 0.15) is 11.5 Å². The van der Waals surface area contributed by atoms with Crippen molar-refractivity contribution in [2.75, 3.05) is 18.4 Å². The fourth-order valence-electron chi connectivity index (χ4n) is 1.55. The average molecular weight is 260 g/mol. The van der Waals surface area contributed by atoms with Crippen molar-refractivity contribution in [3.63, 3.8) is 0 Å². The van der Waals surface area contributed by atoms with Crippen LogP contribution >= 0.6 is 0 Å². The van der Waals surface area contributed by atoms with Crippen LogP contribution in [0.5, 0.6) is 0 Å². The Hall–Kier alpha value is -2.44. The molecule has 0 atom stereocenters. The van der Waals surface area contributed by atoms with Crippen LogP contribution in [0, 0.1) is 0 Å². The van der Waals surface area contributed by atoms with E-state index in [9.17, 15) is 4.79 Å². The quantitative estimate of drug-likeness (QED) is 0.791. The van der Waals surface area contributed by atoms with Crippen molar-refractivity contribution in [1.29, 1.82) is 0 Å². The molecular formula is C12H16N6O. The highest BCUT2D eigenvalue weighted by molar-refractivity contribution is 5.92. The molecule has 0 fully saturated rings. The van der Waals surface area contributed by atoms with Gasteiger partial charge < -0.3 is 10.6 Å². The summed E-state index contributed by atoms with van der Waals surface area (Å²) in [7, 11) is 0. The molecule has 2 heterocycles. The van der Waals surface area contributed by atoms with Gasteiger partial charge in [0.15, 0.2) is 0 Å². The lowest BCUT2D eigenvalue weighted by atomic mass is 10.4. The van der Waals surface area contributed by atoms with Crippen molar-refractivity contribution in [3.8, 4) is 0 Å². The van der Waals surface area contributed by atoms with E-state index in [1.807, 2.05) is 19.2 Å². The van der Waals surface area contributed by atoms with E-state index >= 15 is 0 Å². The molecule has 0 aliphatic carbocycles. The third-order valence-electron chi connectivity index (χ3n) is 2.41. The van der Waals surface area contributed by atoms with Gasteiger partial charge in [0.05, 0.1) is 18.9 Å². The second kappa shape index (κ2) is 6.48. The number of rotatable bonds is 6. The Morgan fingerprint density at radius 2 is 2.32 bits per heavy atom. The van der Waals surface area contributed by atoms with Crippen LogP contribution in [0.15, 0.2) is 30.9 Å². The van der Waals surface area contributed by atoms with E-state index in [0.717, 1.165) is 6.54 Å². The summed E-state index contributed by atoms with van der Waals surface area (Å²) in [5.41, 5.74) is 0.305. The molecule has 2 aromatic rings. The van der Waals surface area contributed by atoms with Crippen LogP contribution < -0.4 is 10.6 Å². The summed E-state index contributed by atoms with van der Waals surface area (Å²) in [6, 6.07) is 1.84. The molecule has 0 aliphatic rings. The van der Waals surface area contributed by atoms with Gasteiger partial charge in [-0.2, -0.15) is 5.10 Å². The fraction of sp³-hybridized carbons (Fsp3) is 0.333. The molecule has 19 heavy (non-hydrogen) atoms. The molecule has 2 rings (SSSR count). The van der Waals surface area contributed by atoms with Gasteiger partial charge in [-0.15, -0.1) is 0 Å². The Bertz CT molecular complexity index is 525. The van der Waals surface area contributed by atoms with E-state index in [-0.39, 0.29) is 5.91 Å². The standard InChI is InChI=1S/C12H16N6O/c1-2-14-11-9-13-8-10(17-11)12(19)15-5-7-18-6-3-4-16-18/h3-4,6,8-9H,2,5,7H2,1H3,(H,14,17)(H,15,19). The maximum Gasteiger partial charge on any atom is 0.271 e. The Morgan fingerprint density at radius 1 is 1.42 bits per heavy atom. The lowest BCUT2D eigenvalue weighted by Gasteiger charge is -2.06. The van der Waals surface area contributed by atoms with E-state index in [1.165, 1.54) is 6.20 Å². The zero-order valence-electron chi connectivity index (χ0n) is 10.7. The highest BCUT2D eigenvalue weighted by atomic mass is 16.1. The first-order valence-electron chi connectivity index (χ1n) is 6.11. The first-order chi connectivity index (χ1) is 9.29. The van der Waals surface area contributed by atoms with Gasteiger partial charge in [-0.3, -0.25) is 14.5 Å². The molecule has 0 unspecified atom stereocenters. The molecule has 0 aliphatic heterocycles. The summed E-state index contributed by atoms with van der Waals surface area (Å²) in [6.45, 7) is 3.81. The van der Waals surface area contributed by atoms with Gasteiger partial charge in [-0.05, 0) is 13.0 Å². The van der Waals surface area contributed by atoms with Crippen molar-refractivity contribution in [1.82, 2.24) is 25.1 Å². The maximum atomic E-state index is 11.9. The molecule has 0 aromatic carbocycles. The highest BCUT2D eigenvalue weighted by Gasteiger charge is 2.07. The Morgan fingerprint density at radius 3 is 3.05 bits per heavy atom. The molecule has 0 saturated heterocycles. The zero-order chi connectivity index (χ0) is 13.5. The lowest BCUT2D eigenvalue weighted by Crippen LogP contribution is -2.28. The van der Waals surface area contributed by atoms with Crippen LogP contribution in [0.2, 0.25) is 0 Å². The molecule has 7 nitrogen and oxygen atoms in total. The second-order valence-electron chi connectivity index (χ2n) is 3.84. The number of nitrogens with one attached hydrogen (secondary N) is 2. The summed E-state index contributed by atoms with van der Waals surface area (Å²) in [6.07, 6.45) is 6.58. The third kappa shape index (κ3) is 3.77. The van der Waals surface area contributed by atoms with Gasteiger partial charge in [-0.1, -0.05) is 0 Å². The number of hydrogen-bond acceptors (Lipinski definition) is 5. The summed E-state index contributed by atoms with van der Waals surface area (Å²) >= 11 is 0. The number of nitrogens with zero attached hydrogens (tertiary/aromatic N) is 4. The zero-order valence-corrected chi connectivity index (χ0v) is 10.7. The number of hydrogen-bond donors (Lipinski definition) is 2. The van der Waals surface area contributed by atoms with E-state index in [1.54, 1.807) is 17.1 Å². The van der Waals surface area contributed by atoms with Crippen LogP contribution in [0.3, 0.4) is 0 Å². The molecular weight excluding hydrogens is 244 g/mol. The molecule has 2 aromatic heterocycles. The molecule has 100 valence electrons. The predicted octanol–water partition coefficient (Wildman–Crippen LogP) is 0.535. The van der Waals surface area contributed by atoms with Crippen LogP contribution in [-0.4, -0.2) is 38.7 Å². The monoisotopic (exact) mass is 260 g/mol. The minimum absolute atomic E-state index is 0.237. The van der Waals surface area contributed by atoms with Gasteiger partial charge >= 0.3 is 0 Å². The number of carbonyl (C=O) groups is 1. The summed E-state index contributed by atoms with van der Waals surface area (Å²) < 4.78 is 1.75. The topological polar surface area (TPSA) is 84.7 Å². The molecule has 0 saturated carbocycles. The maximum absolute atomic E-state index is 11.9. The SMILES string of the molecule is CCNc1cncc(C(=O)NCCn2cccn2)n1. The smallest absolute Gasteiger partial charge is 0.271 e. The second-order valence-corrected chi connectivity index (χ2v) is 3.84. The normalized spacial score (nSPS) is 10.2. The van der Waals surface area contributed by atoms with E-state index in [0.29, 0.717) is 24.6 Å². The molecule has 1 amide bonds. The number of amides is 1. The molecule has 0 bridgehead atoms. The third-order valence-corrected chi connectivity index (χ3v) is 2.41. The van der Waals surface area contributed by atoms with Crippen LogP contribution in [0.4, 0.5) is 5.82 Å². The van der Waals surface area contributed by atoms with Crippen molar-refractivity contribution in [2.45, 2.75) is 13.5 Å². The van der Waals surface area contributed by atoms with Crippen molar-refractivity contribution in [2.24, 2.45) is 0 Å². The first-order valence-corrected chi connectivity index (χ1v) is 6.11. The summed E-state index contributed by atoms with van der Waals surface area (Å²) in [4.78, 5) is 20.0. The van der Waals surface area contributed by atoms with Crippen LogP contribution in [0.1, 0.15) is 17.4 Å². The van der Waals surface area contributed by atoms with Crippen molar-refractivity contribution in [3.05, 3.63) is 36.5 Å². The molecule has 0 radical (unpaired) electrons. The van der Waals surface area contributed by atoms with E-state index in [4.69, 9.17) is 0 Å². The number of anilines is 1. The Kier molecular flexibility index (Phi) is 4.44. The number of carbonyl (C=O) groups excluding carboxylic acids is 1. The summed E-state index contributed by atoms with van der Waals surface area (Å²) in [5, 5.41) is 9.84. The largest absolute Gasteiger partial charge is 0.369 e. The first kappa shape index (κ1) is 13.0. The van der Waals surface area contributed by atoms with Gasteiger partial charge in [0.2, 0.25) is 0 Å². The number of aromatic nitrogens is 4. The Balaban J connectivity index is 1.87. The Labute approximate surface area is 111 Å². The van der Waals surface area contributed by atoms with Crippen molar-refractivity contribution >= 4 is 11.7 Å². The van der Waals surface area contributed by atoms with Crippen LogP contribution in [-0.2, 0) is 6.54 Å². The minimum atomic E-state index is -0.237. The van der Waals surface area contributed by atoms with E-state index in [2.05, 4.69) is 25.7 Å². The van der Waals surface area contributed by atoms with E-state index < -0.39 is 0 Å². The van der Waals surface area contributed by atoms with Gasteiger partial charge in [-0.25, -0.2) is 4.98 Å². The average Bonchev–Trinajstić information content (AvgIpc) is 2.92. The molecule has 0 spiro atoms. The molecule has 7 heteroatoms. The highest BCUT2D eigenvalue weighted by Crippen LogP contribution is 2.01. The van der Waals surface area contributed by atoms with Gasteiger partial charge in [0, 0.05) is 25.5 Å². The fourth-order valence-corrected chi connectivity index (χ4v) is 1.55. The summed E-state index contributed by atoms with van der Waals surface area (Å²) in [5.74, 6) is 0.363.